The maximum Gasteiger partial charge on any atom is 0.337 e. The van der Waals surface area contributed by atoms with E-state index in [2.05, 4.69) is 14.7 Å². The van der Waals surface area contributed by atoms with Crippen LogP contribution in [0.5, 0.6) is 11.6 Å². The summed E-state index contributed by atoms with van der Waals surface area (Å²) in [6, 6.07) is 6.14. The molecule has 104 valence electrons. The Kier molecular flexibility index (Phi) is 4.24. The van der Waals surface area contributed by atoms with Gasteiger partial charge in [0, 0.05) is 0 Å². The van der Waals surface area contributed by atoms with Crippen LogP contribution in [-0.2, 0) is 11.2 Å². The van der Waals surface area contributed by atoms with E-state index >= 15 is 0 Å². The van der Waals surface area contributed by atoms with Crippen molar-refractivity contribution in [2.75, 3.05) is 7.11 Å². The molecule has 0 spiro atoms. The van der Waals surface area contributed by atoms with Gasteiger partial charge in [-0.15, -0.1) is 0 Å². The summed E-state index contributed by atoms with van der Waals surface area (Å²) >= 11 is 0. The van der Waals surface area contributed by atoms with Crippen molar-refractivity contribution < 1.29 is 18.7 Å². The highest BCUT2D eigenvalue weighted by atomic mass is 19.1. The number of rotatable bonds is 4. The Morgan fingerprint density at radius 1 is 1.25 bits per heavy atom. The second kappa shape index (κ2) is 6.10. The van der Waals surface area contributed by atoms with Gasteiger partial charge in [0.15, 0.2) is 0 Å². The molecular weight excluding hydrogens is 263 g/mol. The second-order valence-electron chi connectivity index (χ2n) is 3.91. The zero-order chi connectivity index (χ0) is 14.5. The van der Waals surface area contributed by atoms with Crippen molar-refractivity contribution in [2.24, 2.45) is 0 Å². The second-order valence-corrected chi connectivity index (χ2v) is 3.91. The summed E-state index contributed by atoms with van der Waals surface area (Å²) in [5.41, 5.74) is 0.679. The number of ether oxygens (including phenoxy) is 2. The number of hydrogen-bond donors (Lipinski definition) is 0. The highest BCUT2D eigenvalue weighted by Gasteiger charge is 2.12. The number of carbonyl (C=O) groups is 1. The van der Waals surface area contributed by atoms with E-state index in [1.807, 2.05) is 0 Å². The lowest BCUT2D eigenvalue weighted by atomic mass is 10.2. The summed E-state index contributed by atoms with van der Waals surface area (Å²) in [4.78, 5) is 18.9. The molecule has 5 nitrogen and oxygen atoms in total. The van der Waals surface area contributed by atoms with Crippen LogP contribution in [0.1, 0.15) is 23.0 Å². The minimum absolute atomic E-state index is 0.136. The molecule has 0 N–H and O–H groups in total. The average Bonchev–Trinajstić information content (AvgIpc) is 2.49. The Morgan fingerprint density at radius 3 is 2.55 bits per heavy atom. The fraction of sp³-hybridized carbons (Fsp3) is 0.214. The molecule has 2 rings (SSSR count). The quantitative estimate of drug-likeness (QED) is 0.803. The monoisotopic (exact) mass is 276 g/mol. The molecule has 0 aliphatic rings. The summed E-state index contributed by atoms with van der Waals surface area (Å²) in [5, 5.41) is 0. The number of benzene rings is 1. The molecule has 0 aliphatic heterocycles. The molecule has 1 aromatic carbocycles. The summed E-state index contributed by atoms with van der Waals surface area (Å²) in [6.45, 7) is 1.79. The van der Waals surface area contributed by atoms with Crippen molar-refractivity contribution in [3.05, 3.63) is 47.7 Å². The molecule has 0 saturated carbocycles. The Hall–Kier alpha value is -2.50. The van der Waals surface area contributed by atoms with Crippen LogP contribution in [0.4, 0.5) is 4.39 Å². The first kappa shape index (κ1) is 13.9. The lowest BCUT2D eigenvalue weighted by Crippen LogP contribution is -2.01. The molecule has 6 heteroatoms. The van der Waals surface area contributed by atoms with Crippen LogP contribution < -0.4 is 4.74 Å². The lowest BCUT2D eigenvalue weighted by Gasteiger charge is -2.07. The Morgan fingerprint density at radius 2 is 1.95 bits per heavy atom. The van der Waals surface area contributed by atoms with E-state index in [-0.39, 0.29) is 5.88 Å². The van der Waals surface area contributed by atoms with Crippen LogP contribution in [0.25, 0.3) is 0 Å². The zero-order valence-corrected chi connectivity index (χ0v) is 11.1. The van der Waals surface area contributed by atoms with Crippen molar-refractivity contribution in [3.63, 3.8) is 0 Å². The van der Waals surface area contributed by atoms with E-state index in [9.17, 15) is 9.18 Å². The first-order chi connectivity index (χ1) is 9.65. The van der Waals surface area contributed by atoms with E-state index in [1.54, 1.807) is 19.1 Å². The van der Waals surface area contributed by atoms with Gasteiger partial charge < -0.3 is 9.47 Å². The average molecular weight is 276 g/mol. The maximum absolute atomic E-state index is 13.9. The number of esters is 1. The molecule has 0 radical (unpaired) electrons. The lowest BCUT2D eigenvalue weighted by molar-refractivity contribution is 0.0600. The first-order valence-corrected chi connectivity index (χ1v) is 6.01. The Bertz CT molecular complexity index is 614. The van der Waals surface area contributed by atoms with E-state index in [4.69, 9.17) is 4.74 Å². The minimum Gasteiger partial charge on any atom is -0.465 e. The molecule has 0 bridgehead atoms. The maximum atomic E-state index is 13.9. The molecular formula is C14H13FN2O3. The summed E-state index contributed by atoms with van der Waals surface area (Å²) in [5.74, 6) is -0.787. The number of nitrogens with zero attached hydrogens (tertiary/aromatic N) is 2. The molecule has 20 heavy (non-hydrogen) atoms. The molecule has 1 heterocycles. The standard InChI is InChI=1S/C14H13FN2O3/c1-3-11-12(15)13(17-8-16-11)20-10-6-4-9(5-7-10)14(18)19-2/h4-8H,3H2,1-2H3. The van der Waals surface area contributed by atoms with Crippen LogP contribution in [0.15, 0.2) is 30.6 Å². The molecule has 0 amide bonds. The highest BCUT2D eigenvalue weighted by molar-refractivity contribution is 5.89. The van der Waals surface area contributed by atoms with Crippen LogP contribution in [0.2, 0.25) is 0 Å². The number of aryl methyl sites for hydroxylation is 1. The fourth-order valence-electron chi connectivity index (χ4n) is 1.59. The van der Waals surface area contributed by atoms with Gasteiger partial charge in [0.05, 0.1) is 18.4 Å². The summed E-state index contributed by atoms with van der Waals surface area (Å²) in [6.07, 6.45) is 1.70. The van der Waals surface area contributed by atoms with Gasteiger partial charge in [-0.3, -0.25) is 0 Å². The van der Waals surface area contributed by atoms with E-state index in [0.717, 1.165) is 0 Å². The van der Waals surface area contributed by atoms with Crippen molar-refractivity contribution in [1.29, 1.82) is 0 Å². The number of halogens is 1. The van der Waals surface area contributed by atoms with Gasteiger partial charge in [-0.05, 0) is 30.7 Å². The van der Waals surface area contributed by atoms with Gasteiger partial charge in [0.25, 0.3) is 5.88 Å². The van der Waals surface area contributed by atoms with Crippen molar-refractivity contribution >= 4 is 5.97 Å². The van der Waals surface area contributed by atoms with E-state index in [1.165, 1.54) is 25.6 Å². The number of hydrogen-bond acceptors (Lipinski definition) is 5. The van der Waals surface area contributed by atoms with Crippen LogP contribution in [0, 0.1) is 5.82 Å². The predicted molar refractivity (Wildman–Crippen MR) is 69.2 cm³/mol. The van der Waals surface area contributed by atoms with E-state index < -0.39 is 11.8 Å². The van der Waals surface area contributed by atoms with Gasteiger partial charge in [0.2, 0.25) is 5.82 Å². The number of aromatic nitrogens is 2. The van der Waals surface area contributed by atoms with Gasteiger partial charge in [-0.1, -0.05) is 6.92 Å². The van der Waals surface area contributed by atoms with Gasteiger partial charge in [-0.25, -0.2) is 9.78 Å². The topological polar surface area (TPSA) is 61.3 Å². The van der Waals surface area contributed by atoms with Crippen LogP contribution in [0.3, 0.4) is 0 Å². The molecule has 1 aromatic heterocycles. The third kappa shape index (κ3) is 2.90. The third-order valence-electron chi connectivity index (χ3n) is 2.65. The first-order valence-electron chi connectivity index (χ1n) is 6.01. The summed E-state index contributed by atoms with van der Waals surface area (Å²) < 4.78 is 23.8. The molecule has 2 aromatic rings. The predicted octanol–water partition coefficient (Wildman–Crippen LogP) is 2.76. The highest BCUT2D eigenvalue weighted by Crippen LogP contribution is 2.23. The number of methoxy groups -OCH3 is 1. The SMILES string of the molecule is CCc1ncnc(Oc2ccc(C(=O)OC)cc2)c1F. The molecule has 0 fully saturated rings. The smallest absolute Gasteiger partial charge is 0.337 e. The Labute approximate surface area is 115 Å². The normalized spacial score (nSPS) is 10.2. The summed E-state index contributed by atoms with van der Waals surface area (Å²) in [7, 11) is 1.30. The van der Waals surface area contributed by atoms with E-state index in [0.29, 0.717) is 23.4 Å². The largest absolute Gasteiger partial charge is 0.465 e. The van der Waals surface area contributed by atoms with Crippen LogP contribution >= 0.6 is 0 Å². The zero-order valence-electron chi connectivity index (χ0n) is 11.1. The Balaban J connectivity index is 2.20. The molecule has 0 unspecified atom stereocenters. The van der Waals surface area contributed by atoms with Crippen molar-refractivity contribution in [3.8, 4) is 11.6 Å². The van der Waals surface area contributed by atoms with Gasteiger partial charge in [-0.2, -0.15) is 9.37 Å². The number of carbonyl (C=O) groups excluding carboxylic acids is 1. The van der Waals surface area contributed by atoms with Crippen molar-refractivity contribution in [2.45, 2.75) is 13.3 Å². The van der Waals surface area contributed by atoms with Gasteiger partial charge >= 0.3 is 5.97 Å². The minimum atomic E-state index is -0.577. The van der Waals surface area contributed by atoms with Crippen molar-refractivity contribution in [1.82, 2.24) is 9.97 Å². The third-order valence-corrected chi connectivity index (χ3v) is 2.65. The molecule has 0 saturated heterocycles. The molecule has 0 atom stereocenters. The fourth-order valence-corrected chi connectivity index (χ4v) is 1.59. The molecule has 0 aliphatic carbocycles. The van der Waals surface area contributed by atoms with Crippen LogP contribution in [-0.4, -0.2) is 23.0 Å². The van der Waals surface area contributed by atoms with Gasteiger partial charge in [0.1, 0.15) is 12.1 Å².